The topological polar surface area (TPSA) is 22.1 Å². The van der Waals surface area contributed by atoms with Gasteiger partial charge in [0.05, 0.1) is 6.10 Å². The quantitative estimate of drug-likeness (QED) is 0.779. The van der Waals surface area contributed by atoms with Gasteiger partial charge in [-0.25, -0.2) is 0 Å². The first kappa shape index (κ1) is 11.1. The highest BCUT2D eigenvalue weighted by molar-refractivity contribution is 5.87. The van der Waals surface area contributed by atoms with E-state index in [1.54, 1.807) is 7.11 Å². The first-order chi connectivity index (χ1) is 7.77. The van der Waals surface area contributed by atoms with Gasteiger partial charge in [0.2, 0.25) is 0 Å². The average Bonchev–Trinajstić information content (AvgIpc) is 2.34. The van der Waals surface area contributed by atoms with Crippen molar-refractivity contribution in [2.75, 3.05) is 7.11 Å². The Balaban J connectivity index is 2.66. The van der Waals surface area contributed by atoms with E-state index in [0.717, 1.165) is 12.1 Å². The summed E-state index contributed by atoms with van der Waals surface area (Å²) >= 11 is 0. The molecule has 0 aliphatic carbocycles. The van der Waals surface area contributed by atoms with E-state index in [4.69, 9.17) is 4.74 Å². The smallest absolute Gasteiger partial charge is 0.0839 e. The zero-order chi connectivity index (χ0) is 11.5. The van der Waals surface area contributed by atoms with E-state index in [1.807, 2.05) is 13.1 Å². The molecule has 2 heteroatoms. The molecule has 0 radical (unpaired) electrons. The lowest BCUT2D eigenvalue weighted by Gasteiger charge is -2.16. The Morgan fingerprint density at radius 2 is 1.94 bits per heavy atom. The Kier molecular flexibility index (Phi) is 3.20. The summed E-state index contributed by atoms with van der Waals surface area (Å²) in [5.41, 5.74) is 2.26. The fourth-order valence-corrected chi connectivity index (χ4v) is 2.13. The van der Waals surface area contributed by atoms with Gasteiger partial charge in [0.1, 0.15) is 0 Å². The van der Waals surface area contributed by atoms with E-state index in [9.17, 15) is 0 Å². The van der Waals surface area contributed by atoms with Crippen molar-refractivity contribution in [1.29, 1.82) is 0 Å². The maximum atomic E-state index is 5.49. The maximum absolute atomic E-state index is 5.49. The molecule has 2 aromatic rings. The number of aromatic nitrogens is 1. The largest absolute Gasteiger partial charge is 0.377 e. The number of ether oxygens (including phenoxy) is 1. The van der Waals surface area contributed by atoms with Crippen LogP contribution in [-0.2, 0) is 4.74 Å². The molecule has 2 rings (SSSR count). The van der Waals surface area contributed by atoms with Crippen LogP contribution in [0.5, 0.6) is 0 Å². The Labute approximate surface area is 96.3 Å². The van der Waals surface area contributed by atoms with E-state index in [1.165, 1.54) is 16.3 Å². The minimum Gasteiger partial charge on any atom is -0.377 e. The SMILES string of the molecule is CCC(OC)c1cnc(C)c2ccccc12. The van der Waals surface area contributed by atoms with Crippen molar-refractivity contribution in [3.63, 3.8) is 0 Å². The summed E-state index contributed by atoms with van der Waals surface area (Å²) in [6, 6.07) is 8.37. The molecule has 0 saturated carbocycles. The van der Waals surface area contributed by atoms with Gasteiger partial charge in [-0.1, -0.05) is 31.2 Å². The van der Waals surface area contributed by atoms with Gasteiger partial charge in [-0.2, -0.15) is 0 Å². The summed E-state index contributed by atoms with van der Waals surface area (Å²) in [6.45, 7) is 4.17. The zero-order valence-electron chi connectivity index (χ0n) is 10.0. The minimum absolute atomic E-state index is 0.137. The summed E-state index contributed by atoms with van der Waals surface area (Å²) in [6.07, 6.45) is 3.04. The third-order valence-corrected chi connectivity index (χ3v) is 3.03. The van der Waals surface area contributed by atoms with Crippen molar-refractivity contribution in [2.45, 2.75) is 26.4 Å². The molecule has 2 nitrogen and oxygen atoms in total. The second kappa shape index (κ2) is 4.62. The molecule has 0 spiro atoms. The van der Waals surface area contributed by atoms with Gasteiger partial charge in [0, 0.05) is 30.0 Å². The van der Waals surface area contributed by atoms with Crippen LogP contribution in [0.2, 0.25) is 0 Å². The molecule has 0 aliphatic rings. The number of hydrogen-bond acceptors (Lipinski definition) is 2. The van der Waals surface area contributed by atoms with Gasteiger partial charge >= 0.3 is 0 Å². The molecule has 16 heavy (non-hydrogen) atoms. The van der Waals surface area contributed by atoms with Gasteiger partial charge in [-0.05, 0) is 18.7 Å². The van der Waals surface area contributed by atoms with Gasteiger partial charge in [0.25, 0.3) is 0 Å². The molecule has 0 amide bonds. The molecule has 0 N–H and O–H groups in total. The van der Waals surface area contributed by atoms with Crippen molar-refractivity contribution in [3.8, 4) is 0 Å². The van der Waals surface area contributed by atoms with Gasteiger partial charge < -0.3 is 4.74 Å². The van der Waals surface area contributed by atoms with Crippen molar-refractivity contribution in [3.05, 3.63) is 41.7 Å². The summed E-state index contributed by atoms with van der Waals surface area (Å²) < 4.78 is 5.49. The summed E-state index contributed by atoms with van der Waals surface area (Å²) in [5.74, 6) is 0. The lowest BCUT2D eigenvalue weighted by Crippen LogP contribution is -2.02. The van der Waals surface area contributed by atoms with E-state index < -0.39 is 0 Å². The van der Waals surface area contributed by atoms with E-state index >= 15 is 0 Å². The third kappa shape index (κ3) is 1.81. The Morgan fingerprint density at radius 3 is 2.56 bits per heavy atom. The molecular formula is C14H17NO. The van der Waals surface area contributed by atoms with Gasteiger partial charge in [-0.3, -0.25) is 4.98 Å². The molecule has 1 aromatic heterocycles. The number of methoxy groups -OCH3 is 1. The molecule has 1 aromatic carbocycles. The highest BCUT2D eigenvalue weighted by Crippen LogP contribution is 2.28. The average molecular weight is 215 g/mol. The molecule has 84 valence electrons. The first-order valence-corrected chi connectivity index (χ1v) is 5.65. The number of aryl methyl sites for hydroxylation is 1. The molecule has 0 bridgehead atoms. The normalized spacial score (nSPS) is 12.9. The van der Waals surface area contributed by atoms with Crippen molar-refractivity contribution >= 4 is 10.8 Å². The Morgan fingerprint density at radius 1 is 1.25 bits per heavy atom. The lowest BCUT2D eigenvalue weighted by atomic mass is 10.0. The van der Waals surface area contributed by atoms with Crippen molar-refractivity contribution < 1.29 is 4.74 Å². The molecule has 1 heterocycles. The predicted molar refractivity (Wildman–Crippen MR) is 66.5 cm³/mol. The number of fused-ring (bicyclic) bond motifs is 1. The number of benzene rings is 1. The zero-order valence-corrected chi connectivity index (χ0v) is 10.0. The van der Waals surface area contributed by atoms with Crippen molar-refractivity contribution in [1.82, 2.24) is 4.98 Å². The maximum Gasteiger partial charge on any atom is 0.0839 e. The van der Waals surface area contributed by atoms with Crippen LogP contribution >= 0.6 is 0 Å². The molecule has 0 aliphatic heterocycles. The molecule has 0 fully saturated rings. The predicted octanol–water partition coefficient (Wildman–Crippen LogP) is 3.64. The van der Waals surface area contributed by atoms with Gasteiger partial charge in [-0.15, -0.1) is 0 Å². The number of hydrogen-bond donors (Lipinski definition) is 0. The number of pyridine rings is 1. The van der Waals surface area contributed by atoms with Gasteiger partial charge in [0.15, 0.2) is 0 Å². The van der Waals surface area contributed by atoms with Crippen LogP contribution < -0.4 is 0 Å². The van der Waals surface area contributed by atoms with Crippen molar-refractivity contribution in [2.24, 2.45) is 0 Å². The molecular weight excluding hydrogens is 198 g/mol. The minimum atomic E-state index is 0.137. The summed E-state index contributed by atoms with van der Waals surface area (Å²) in [4.78, 5) is 4.44. The molecule has 1 unspecified atom stereocenters. The number of rotatable bonds is 3. The monoisotopic (exact) mass is 215 g/mol. The Hall–Kier alpha value is -1.41. The highest BCUT2D eigenvalue weighted by atomic mass is 16.5. The van der Waals surface area contributed by atoms with Crippen LogP contribution in [0.4, 0.5) is 0 Å². The van der Waals surface area contributed by atoms with Crippen LogP contribution in [0.25, 0.3) is 10.8 Å². The van der Waals surface area contributed by atoms with Crippen LogP contribution in [0, 0.1) is 6.92 Å². The fraction of sp³-hybridized carbons (Fsp3) is 0.357. The van der Waals surface area contributed by atoms with Crippen LogP contribution in [0.1, 0.15) is 30.7 Å². The fourth-order valence-electron chi connectivity index (χ4n) is 2.13. The van der Waals surface area contributed by atoms with Crippen LogP contribution in [-0.4, -0.2) is 12.1 Å². The highest BCUT2D eigenvalue weighted by Gasteiger charge is 2.12. The van der Waals surface area contributed by atoms with E-state index in [-0.39, 0.29) is 6.10 Å². The van der Waals surface area contributed by atoms with E-state index in [0.29, 0.717) is 0 Å². The van der Waals surface area contributed by atoms with E-state index in [2.05, 4.69) is 36.2 Å². The summed E-state index contributed by atoms with van der Waals surface area (Å²) in [5, 5.41) is 2.47. The lowest BCUT2D eigenvalue weighted by molar-refractivity contribution is 0.101. The third-order valence-electron chi connectivity index (χ3n) is 3.03. The second-order valence-electron chi connectivity index (χ2n) is 3.98. The van der Waals surface area contributed by atoms with Crippen LogP contribution in [0.15, 0.2) is 30.5 Å². The standard InChI is InChI=1S/C14H17NO/c1-4-14(16-3)13-9-15-10(2)11-7-5-6-8-12(11)13/h5-9,14H,4H2,1-3H3. The van der Waals surface area contributed by atoms with Crippen LogP contribution in [0.3, 0.4) is 0 Å². The first-order valence-electron chi connectivity index (χ1n) is 5.65. The molecule has 1 atom stereocenters. The second-order valence-corrected chi connectivity index (χ2v) is 3.98. The Bertz CT molecular complexity index is 489. The number of nitrogens with zero attached hydrogens (tertiary/aromatic N) is 1. The summed E-state index contributed by atoms with van der Waals surface area (Å²) in [7, 11) is 1.75. The molecule has 0 saturated heterocycles.